The van der Waals surface area contributed by atoms with E-state index in [1.54, 1.807) is 149 Å². The molecule has 0 aliphatic heterocycles. The number of nitrogens with two attached hydrogens (primary N) is 1. The number of esters is 4. The molecule has 105 heavy (non-hydrogen) atoms. The van der Waals surface area contributed by atoms with E-state index in [0.29, 0.717) is 37.3 Å². The molecule has 5 aromatic rings. The Bertz CT molecular complexity index is 3530. The SMILES string of the molecule is CC(C(=O)O)c1ccc(CNC(=O)OC(C)(C)C)cc1.COC(=O)C(C)c1ccc(CNC(=O)OC(C)(C)C)cc1.COC(=O)C(N)c1ccc(CNC(=O)OC(C)(C)C)cc1.COC(=O)C(N=[N+]=[N-])c1ccc(CNC(=O)OC(C)(C)C)cc1.COC(=O)Cc1ccc(CNC(=O)OC(C)(C)C)cc1. The number of nitrogens with one attached hydrogen (secondary N) is 5. The Balaban J connectivity index is 0.000000657. The van der Waals surface area contributed by atoms with Crippen molar-refractivity contribution in [2.45, 2.75) is 209 Å². The van der Waals surface area contributed by atoms with E-state index in [4.69, 9.17) is 44.8 Å². The molecule has 5 rings (SSSR count). The molecular weight excluding hydrogens is 1360 g/mol. The first-order valence-corrected chi connectivity index (χ1v) is 33.3. The van der Waals surface area contributed by atoms with Crippen LogP contribution in [0.5, 0.6) is 0 Å². The second-order valence-corrected chi connectivity index (χ2v) is 28.2. The summed E-state index contributed by atoms with van der Waals surface area (Å²) in [6, 6.07) is 33.9. The molecule has 29 heteroatoms. The first kappa shape index (κ1) is 92.1. The molecule has 0 aliphatic carbocycles. The van der Waals surface area contributed by atoms with Crippen LogP contribution in [0.15, 0.2) is 126 Å². The van der Waals surface area contributed by atoms with E-state index in [9.17, 15) is 47.9 Å². The third-order valence-electron chi connectivity index (χ3n) is 13.3. The highest BCUT2D eigenvalue weighted by Crippen LogP contribution is 2.22. The average Bonchev–Trinajstić information content (AvgIpc) is 0.879. The minimum atomic E-state index is -1.03. The number of hydrogen-bond acceptors (Lipinski definition) is 21. The second-order valence-electron chi connectivity index (χ2n) is 28.2. The van der Waals surface area contributed by atoms with Gasteiger partial charge in [-0.2, -0.15) is 0 Å². The number of amides is 5. The second kappa shape index (κ2) is 44.6. The molecule has 8 N–H and O–H groups in total. The first-order chi connectivity index (χ1) is 48.7. The van der Waals surface area contributed by atoms with E-state index >= 15 is 0 Å². The van der Waals surface area contributed by atoms with Crippen molar-refractivity contribution in [3.05, 3.63) is 187 Å². The van der Waals surface area contributed by atoms with Crippen LogP contribution in [0, 0.1) is 0 Å². The van der Waals surface area contributed by atoms with Crippen molar-refractivity contribution in [1.82, 2.24) is 26.6 Å². The summed E-state index contributed by atoms with van der Waals surface area (Å²) >= 11 is 0. The molecule has 0 saturated heterocycles. The summed E-state index contributed by atoms with van der Waals surface area (Å²) in [7, 11) is 5.25. The highest BCUT2D eigenvalue weighted by atomic mass is 16.6. The molecule has 0 aliphatic rings. The van der Waals surface area contributed by atoms with Crippen molar-refractivity contribution in [1.29, 1.82) is 0 Å². The van der Waals surface area contributed by atoms with E-state index in [-0.39, 0.29) is 30.8 Å². The number of carbonyl (C=O) groups is 10. The van der Waals surface area contributed by atoms with Gasteiger partial charge in [0.1, 0.15) is 34.0 Å². The Morgan fingerprint density at radius 3 is 0.876 bits per heavy atom. The maximum atomic E-state index is 11.6. The van der Waals surface area contributed by atoms with Crippen LogP contribution in [0.1, 0.15) is 197 Å². The van der Waals surface area contributed by atoms with Gasteiger partial charge in [0.05, 0.1) is 46.7 Å². The summed E-state index contributed by atoms with van der Waals surface area (Å²) < 4.78 is 44.2. The Hall–Kier alpha value is -10.9. The number of aliphatic carboxylic acids is 1. The van der Waals surface area contributed by atoms with Crippen LogP contribution in [-0.2, 0) is 106 Å². The molecule has 0 bridgehead atoms. The number of alkyl carbamates (subject to hydrolysis) is 5. The fraction of sp³-hybridized carbons (Fsp3) is 0.474. The number of rotatable bonds is 21. The van der Waals surface area contributed by atoms with Gasteiger partial charge in [-0.25, -0.2) is 24.0 Å². The van der Waals surface area contributed by atoms with Gasteiger partial charge in [0.25, 0.3) is 0 Å². The molecule has 0 heterocycles. The molecule has 0 spiro atoms. The van der Waals surface area contributed by atoms with E-state index in [1.807, 2.05) is 90.1 Å². The van der Waals surface area contributed by atoms with E-state index < -0.39 is 94.4 Å². The summed E-state index contributed by atoms with van der Waals surface area (Å²) in [6.07, 6.45) is -2.11. The van der Waals surface area contributed by atoms with Gasteiger partial charge in [-0.1, -0.05) is 126 Å². The number of carboxylic acid groups (broad SMARTS) is 1. The molecule has 0 radical (unpaired) electrons. The summed E-state index contributed by atoms with van der Waals surface area (Å²) in [5.74, 6) is -3.37. The average molecular weight is 1470 g/mol. The highest BCUT2D eigenvalue weighted by Gasteiger charge is 2.24. The lowest BCUT2D eigenvalue weighted by molar-refractivity contribution is -0.143. The summed E-state index contributed by atoms with van der Waals surface area (Å²) in [4.78, 5) is 117. The third kappa shape index (κ3) is 41.7. The first-order valence-electron chi connectivity index (χ1n) is 33.3. The summed E-state index contributed by atoms with van der Waals surface area (Å²) in [5, 5.41) is 25.6. The summed E-state index contributed by atoms with van der Waals surface area (Å²) in [5.41, 5.74) is 19.7. The Morgan fingerprint density at radius 1 is 0.381 bits per heavy atom. The van der Waals surface area contributed by atoms with Crippen LogP contribution >= 0.6 is 0 Å². The fourth-order valence-electron chi connectivity index (χ4n) is 8.10. The number of azide groups is 1. The van der Waals surface area contributed by atoms with Crippen molar-refractivity contribution in [3.8, 4) is 0 Å². The molecule has 4 unspecified atom stereocenters. The van der Waals surface area contributed by atoms with Crippen molar-refractivity contribution in [3.63, 3.8) is 0 Å². The van der Waals surface area contributed by atoms with E-state index in [2.05, 4.69) is 50.8 Å². The molecule has 0 aromatic heterocycles. The molecule has 5 amide bonds. The molecule has 5 aromatic carbocycles. The van der Waals surface area contributed by atoms with Crippen molar-refractivity contribution >= 4 is 60.3 Å². The number of hydrogen-bond donors (Lipinski definition) is 7. The smallest absolute Gasteiger partial charge is 0.407 e. The lowest BCUT2D eigenvalue weighted by Crippen LogP contribution is -2.32. The molecular formula is C76H107N9O20. The van der Waals surface area contributed by atoms with Crippen LogP contribution in [0.25, 0.3) is 10.4 Å². The van der Waals surface area contributed by atoms with Crippen LogP contribution < -0.4 is 32.3 Å². The Morgan fingerprint density at radius 2 is 0.629 bits per heavy atom. The van der Waals surface area contributed by atoms with E-state index in [1.165, 1.54) is 28.4 Å². The Kier molecular flexibility index (Phi) is 39.1. The normalized spacial score (nSPS) is 12.0. The largest absolute Gasteiger partial charge is 0.481 e. The zero-order valence-electron chi connectivity index (χ0n) is 64.2. The predicted octanol–water partition coefficient (Wildman–Crippen LogP) is 13.4. The predicted molar refractivity (Wildman–Crippen MR) is 393 cm³/mol. The van der Waals surface area contributed by atoms with Gasteiger partial charge in [-0.3, -0.25) is 24.0 Å². The van der Waals surface area contributed by atoms with Gasteiger partial charge in [0.15, 0.2) is 6.04 Å². The molecule has 4 atom stereocenters. The lowest BCUT2D eigenvalue weighted by atomic mass is 10.00. The third-order valence-corrected chi connectivity index (χ3v) is 13.3. The molecule has 0 fully saturated rings. The maximum absolute atomic E-state index is 11.6. The van der Waals surface area contributed by atoms with Gasteiger partial charge >= 0.3 is 60.3 Å². The van der Waals surface area contributed by atoms with Crippen LogP contribution in [-0.4, -0.2) is 122 Å². The van der Waals surface area contributed by atoms with Gasteiger partial charge < -0.3 is 80.1 Å². The minimum absolute atomic E-state index is 0.246. The van der Waals surface area contributed by atoms with Gasteiger partial charge in [-0.15, -0.1) is 0 Å². The molecule has 576 valence electrons. The number of nitrogens with zero attached hydrogens (tertiary/aromatic N) is 3. The van der Waals surface area contributed by atoms with Crippen LogP contribution in [0.3, 0.4) is 0 Å². The van der Waals surface area contributed by atoms with Gasteiger partial charge in [0, 0.05) is 37.6 Å². The minimum Gasteiger partial charge on any atom is -0.481 e. The zero-order chi connectivity index (χ0) is 80.1. The standard InChI is InChI=1S/C16H23NO4.C15H20N4O4.C15H22N2O4.2C15H21NO4/c1-11(14(18)20-5)13-8-6-12(7-9-13)10-17-15(19)21-16(2,3)4;1-15(2,3)23-14(21)17-9-10-5-7-11(8-6-10)12(18-19-16)13(20)22-4;1-15(2,3)21-14(19)17-9-10-5-7-11(8-6-10)12(16)13(18)20-4;1-15(2,3)20-14(18)16-10-12-7-5-11(6-8-12)9-13(17)19-4;1-10(13(17)18)12-7-5-11(6-8-12)9-16-14(19)20-15(2,3)4/h6-9,11H,10H2,1-5H3,(H,17,19);5-8,12H,9H2,1-4H3,(H,17,21);5-8,12H,9,16H2,1-4H3,(H,17,19);5-8H,9-10H2,1-4H3,(H,16,18);5-8,10H,9H2,1-4H3,(H,16,19)(H,17,18). The number of carbonyl (C=O) groups excluding carboxylic acids is 9. The van der Waals surface area contributed by atoms with Crippen molar-refractivity contribution in [2.75, 3.05) is 28.4 Å². The Labute approximate surface area is 615 Å². The summed E-state index contributed by atoms with van der Waals surface area (Å²) in [6.45, 7) is 32.2. The quantitative estimate of drug-likeness (QED) is 0.0118. The van der Waals surface area contributed by atoms with E-state index in [0.717, 1.165) is 44.5 Å². The topological polar surface area (TPSA) is 409 Å². The molecule has 0 saturated carbocycles. The van der Waals surface area contributed by atoms with Crippen LogP contribution in [0.4, 0.5) is 24.0 Å². The number of benzene rings is 5. The van der Waals surface area contributed by atoms with Crippen molar-refractivity contribution in [2.24, 2.45) is 10.8 Å². The van der Waals surface area contributed by atoms with Gasteiger partial charge in [-0.05, 0) is 179 Å². The lowest BCUT2D eigenvalue weighted by Gasteiger charge is -2.19. The highest BCUT2D eigenvalue weighted by molar-refractivity contribution is 5.79. The van der Waals surface area contributed by atoms with Crippen molar-refractivity contribution < 1.29 is 95.7 Å². The number of methoxy groups -OCH3 is 4. The number of carboxylic acids is 1. The molecule has 29 nitrogen and oxygen atoms in total. The monoisotopic (exact) mass is 1470 g/mol. The maximum Gasteiger partial charge on any atom is 0.407 e. The number of ether oxygens (including phenoxy) is 9. The van der Waals surface area contributed by atoms with Gasteiger partial charge in [0.2, 0.25) is 0 Å². The zero-order valence-corrected chi connectivity index (χ0v) is 64.2. The fourth-order valence-corrected chi connectivity index (χ4v) is 8.10. The van der Waals surface area contributed by atoms with Crippen LogP contribution in [0.2, 0.25) is 0 Å².